The van der Waals surface area contributed by atoms with Gasteiger partial charge >= 0.3 is 6.16 Å². The van der Waals surface area contributed by atoms with Gasteiger partial charge in [-0.05, 0) is 25.0 Å². The summed E-state index contributed by atoms with van der Waals surface area (Å²) in [4.78, 5) is 11.2. The van der Waals surface area contributed by atoms with E-state index in [1.165, 1.54) is 0 Å². The first-order valence-electron chi connectivity index (χ1n) is 4.99. The molecule has 0 atom stereocenters. The Morgan fingerprint density at radius 3 is 2.80 bits per heavy atom. The fraction of sp³-hybridized carbons (Fsp3) is 0.333. The third kappa shape index (κ3) is 4.02. The van der Waals surface area contributed by atoms with Crippen LogP contribution in [-0.4, -0.2) is 12.8 Å². The van der Waals surface area contributed by atoms with Crippen molar-refractivity contribution in [1.29, 1.82) is 0 Å². The minimum Gasteiger partial charge on any atom is -0.434 e. The van der Waals surface area contributed by atoms with Crippen molar-refractivity contribution in [1.82, 2.24) is 0 Å². The molecule has 0 amide bonds. The van der Waals surface area contributed by atoms with Crippen molar-refractivity contribution in [3.63, 3.8) is 0 Å². The number of hydrogen-bond acceptors (Lipinski definition) is 3. The lowest BCUT2D eigenvalue weighted by molar-refractivity contribution is 0.0977. The molecule has 0 saturated heterocycles. The highest BCUT2D eigenvalue weighted by molar-refractivity contribution is 5.64. The van der Waals surface area contributed by atoms with E-state index in [0.717, 1.165) is 12.8 Å². The van der Waals surface area contributed by atoms with Gasteiger partial charge < -0.3 is 9.47 Å². The fourth-order valence-electron chi connectivity index (χ4n) is 1.02. The Balaban J connectivity index is 2.41. The summed E-state index contributed by atoms with van der Waals surface area (Å²) in [5.74, 6) is 0.444. The zero-order valence-electron chi connectivity index (χ0n) is 8.86. The first-order valence-corrected chi connectivity index (χ1v) is 4.99. The van der Waals surface area contributed by atoms with E-state index in [9.17, 15) is 4.79 Å². The molecule has 3 heteroatoms. The molecule has 15 heavy (non-hydrogen) atoms. The summed E-state index contributed by atoms with van der Waals surface area (Å²) < 4.78 is 9.82. The molecule has 0 saturated carbocycles. The van der Waals surface area contributed by atoms with Gasteiger partial charge in [0.05, 0.1) is 6.61 Å². The van der Waals surface area contributed by atoms with Crippen molar-refractivity contribution in [2.75, 3.05) is 6.61 Å². The molecule has 0 N–H and O–H groups in total. The van der Waals surface area contributed by atoms with Crippen LogP contribution in [0.3, 0.4) is 0 Å². The molecule has 0 fully saturated rings. The molecule has 1 aromatic carbocycles. The van der Waals surface area contributed by atoms with Crippen molar-refractivity contribution in [2.24, 2.45) is 0 Å². The van der Waals surface area contributed by atoms with Crippen molar-refractivity contribution >= 4 is 6.16 Å². The Morgan fingerprint density at radius 2 is 2.13 bits per heavy atom. The summed E-state index contributed by atoms with van der Waals surface area (Å²) in [6.07, 6.45) is 1.17. The summed E-state index contributed by atoms with van der Waals surface area (Å²) in [6, 6.07) is 7.07. The second-order valence-electron chi connectivity index (χ2n) is 3.16. The standard InChI is InChI=1S/C12H15O3/c1-3-4-9-14-12(13)15-11-8-6-5-7-10(11)2/h5-8H,2-4,9H2,1H3. The summed E-state index contributed by atoms with van der Waals surface area (Å²) in [7, 11) is 0. The van der Waals surface area contributed by atoms with Crippen molar-refractivity contribution in [2.45, 2.75) is 19.8 Å². The average Bonchev–Trinajstić information content (AvgIpc) is 2.22. The van der Waals surface area contributed by atoms with Crippen LogP contribution in [0.25, 0.3) is 0 Å². The smallest absolute Gasteiger partial charge is 0.434 e. The summed E-state index contributed by atoms with van der Waals surface area (Å²) in [6.45, 7) is 6.16. The predicted octanol–water partition coefficient (Wildman–Crippen LogP) is 3.18. The van der Waals surface area contributed by atoms with Gasteiger partial charge in [-0.2, -0.15) is 0 Å². The SMILES string of the molecule is [CH2]c1ccccc1OC(=O)OCCCC. The Labute approximate surface area is 90.0 Å². The van der Waals surface area contributed by atoms with Crippen molar-refractivity contribution < 1.29 is 14.3 Å². The molecule has 0 aromatic heterocycles. The zero-order valence-corrected chi connectivity index (χ0v) is 8.86. The van der Waals surface area contributed by atoms with Gasteiger partial charge in [-0.3, -0.25) is 0 Å². The molecule has 0 spiro atoms. The minimum absolute atomic E-state index is 0.397. The van der Waals surface area contributed by atoms with Crippen LogP contribution in [0, 0.1) is 6.92 Å². The third-order valence-electron chi connectivity index (χ3n) is 1.88. The molecular weight excluding hydrogens is 192 g/mol. The molecule has 3 nitrogen and oxygen atoms in total. The van der Waals surface area contributed by atoms with E-state index in [1.54, 1.807) is 18.2 Å². The Kier molecular flexibility index (Phi) is 4.68. The highest BCUT2D eigenvalue weighted by Gasteiger charge is 2.06. The number of carbonyl (C=O) groups excluding carboxylic acids is 1. The molecule has 0 heterocycles. The molecular formula is C12H15O3. The minimum atomic E-state index is -0.667. The number of rotatable bonds is 4. The molecule has 0 unspecified atom stereocenters. The summed E-state index contributed by atoms with van der Waals surface area (Å²) >= 11 is 0. The van der Waals surface area contributed by atoms with Crippen LogP contribution in [0.4, 0.5) is 4.79 Å². The Morgan fingerprint density at radius 1 is 1.40 bits per heavy atom. The van der Waals surface area contributed by atoms with Gasteiger partial charge in [-0.15, -0.1) is 0 Å². The predicted molar refractivity (Wildman–Crippen MR) is 57.8 cm³/mol. The van der Waals surface area contributed by atoms with Crippen LogP contribution in [0.1, 0.15) is 25.3 Å². The van der Waals surface area contributed by atoms with Gasteiger partial charge in [-0.1, -0.05) is 31.5 Å². The van der Waals surface area contributed by atoms with Crippen LogP contribution < -0.4 is 4.74 Å². The second kappa shape index (κ2) is 6.06. The van der Waals surface area contributed by atoms with Crippen molar-refractivity contribution in [3.05, 3.63) is 36.8 Å². The topological polar surface area (TPSA) is 35.5 Å². The Bertz CT molecular complexity index is 320. The van der Waals surface area contributed by atoms with E-state index in [4.69, 9.17) is 9.47 Å². The van der Waals surface area contributed by atoms with E-state index in [1.807, 2.05) is 13.0 Å². The van der Waals surface area contributed by atoms with E-state index < -0.39 is 6.16 Å². The first-order chi connectivity index (χ1) is 7.24. The maximum absolute atomic E-state index is 11.2. The maximum Gasteiger partial charge on any atom is 0.513 e. The number of para-hydroxylation sites is 1. The largest absolute Gasteiger partial charge is 0.513 e. The highest BCUT2D eigenvalue weighted by atomic mass is 16.7. The number of benzene rings is 1. The average molecular weight is 207 g/mol. The molecule has 0 bridgehead atoms. The van der Waals surface area contributed by atoms with Crippen molar-refractivity contribution in [3.8, 4) is 5.75 Å². The van der Waals surface area contributed by atoms with Crippen LogP contribution in [0.5, 0.6) is 5.75 Å². The number of unbranched alkanes of at least 4 members (excludes halogenated alkanes) is 1. The van der Waals surface area contributed by atoms with E-state index >= 15 is 0 Å². The van der Waals surface area contributed by atoms with Gasteiger partial charge in [0, 0.05) is 0 Å². The molecule has 1 rings (SSSR count). The number of ether oxygens (including phenoxy) is 2. The zero-order chi connectivity index (χ0) is 11.1. The highest BCUT2D eigenvalue weighted by Crippen LogP contribution is 2.16. The van der Waals surface area contributed by atoms with Gasteiger partial charge in [0.1, 0.15) is 5.75 Å². The first kappa shape index (κ1) is 11.6. The Hall–Kier alpha value is -1.51. The monoisotopic (exact) mass is 207 g/mol. The number of hydrogen-bond donors (Lipinski definition) is 0. The molecule has 0 aliphatic carbocycles. The van der Waals surface area contributed by atoms with Crippen LogP contribution in [0.2, 0.25) is 0 Å². The van der Waals surface area contributed by atoms with Crippen LogP contribution >= 0.6 is 0 Å². The lowest BCUT2D eigenvalue weighted by atomic mass is 10.2. The molecule has 0 aliphatic heterocycles. The molecule has 81 valence electrons. The van der Waals surface area contributed by atoms with Crippen LogP contribution in [-0.2, 0) is 4.74 Å². The van der Waals surface area contributed by atoms with E-state index in [0.29, 0.717) is 17.9 Å². The second-order valence-corrected chi connectivity index (χ2v) is 3.16. The quantitative estimate of drug-likeness (QED) is 0.432. The number of carbonyl (C=O) groups is 1. The van der Waals surface area contributed by atoms with Gasteiger partial charge in [-0.25, -0.2) is 4.79 Å². The van der Waals surface area contributed by atoms with Crippen LogP contribution in [0.15, 0.2) is 24.3 Å². The summed E-state index contributed by atoms with van der Waals surface area (Å²) in [5, 5.41) is 0. The van der Waals surface area contributed by atoms with E-state index in [-0.39, 0.29) is 0 Å². The van der Waals surface area contributed by atoms with E-state index in [2.05, 4.69) is 6.92 Å². The normalized spacial score (nSPS) is 9.73. The summed E-state index contributed by atoms with van der Waals surface area (Å²) in [5.41, 5.74) is 0.671. The fourth-order valence-corrected chi connectivity index (χ4v) is 1.02. The lowest BCUT2D eigenvalue weighted by Crippen LogP contribution is -2.11. The third-order valence-corrected chi connectivity index (χ3v) is 1.88. The maximum atomic E-state index is 11.2. The lowest BCUT2D eigenvalue weighted by Gasteiger charge is -2.06. The van der Waals surface area contributed by atoms with Gasteiger partial charge in [0.25, 0.3) is 0 Å². The van der Waals surface area contributed by atoms with Gasteiger partial charge in [0.15, 0.2) is 0 Å². The molecule has 1 aromatic rings. The molecule has 1 radical (unpaired) electrons. The molecule has 0 aliphatic rings. The van der Waals surface area contributed by atoms with Gasteiger partial charge in [0.2, 0.25) is 0 Å².